The van der Waals surface area contributed by atoms with Gasteiger partial charge in [0, 0.05) is 38.8 Å². The maximum Gasteiger partial charge on any atom is 0.333 e. The van der Waals surface area contributed by atoms with Crippen LogP contribution >= 0.6 is 0 Å². The van der Waals surface area contributed by atoms with Crippen molar-refractivity contribution in [2.24, 2.45) is 0 Å². The number of benzene rings is 2. The van der Waals surface area contributed by atoms with Gasteiger partial charge >= 0.3 is 6.71 Å². The molecule has 0 aliphatic carbocycles. The lowest BCUT2D eigenvalue weighted by molar-refractivity contribution is 1.42. The summed E-state index contributed by atoms with van der Waals surface area (Å²) in [4.78, 5) is 0. The molecule has 0 N–H and O–H groups in total. The summed E-state index contributed by atoms with van der Waals surface area (Å²) in [5.74, 6) is 2.26. The molecule has 6 rings (SSSR count). The number of nitriles is 13. The van der Waals surface area contributed by atoms with E-state index in [-0.39, 0.29) is 77.2 Å². The molecule has 0 bridgehead atoms. The highest BCUT2D eigenvalue weighted by molar-refractivity contribution is 7.00. The molecule has 17 heteroatoms. The molecule has 4 aliphatic heterocycles. The van der Waals surface area contributed by atoms with Crippen LogP contribution in [0.2, 0.25) is 0 Å². The van der Waals surface area contributed by atoms with E-state index in [2.05, 4.69) is 5.97 Å². The van der Waals surface area contributed by atoms with Crippen LogP contribution in [0.4, 0.5) is 0 Å². The van der Waals surface area contributed by atoms with Gasteiger partial charge in [0.15, 0.2) is 0 Å². The second-order valence-corrected chi connectivity index (χ2v) is 12.3. The smallest absolute Gasteiger partial charge is 0.212 e. The number of hydrogen-bond acceptors (Lipinski definition) is 13. The first-order valence-corrected chi connectivity index (χ1v) is 15.7. The summed E-state index contributed by atoms with van der Waals surface area (Å²) >= 11 is 0. The molecule has 4 heterocycles. The Hall–Kier alpha value is -9.49. The molecule has 55 heavy (non-hydrogen) atoms. The molecule has 0 saturated carbocycles. The standard InChI is InChI=1S/C38H7B4N13/c1-19-2-29-20(3-28(19)40-33(12-49)22(6-43)23(7-44)34(40)13-50)21-4-31(41-35(14-51)24(8-45)25(9-46)36(41)15-52)32(5-30(21)39(29)18-55)42-37(16-53)26(10-47)27(11-48)38(42)17-54/h2-5H,1H3. The first-order valence-electron chi connectivity index (χ1n) is 15.7. The van der Waals surface area contributed by atoms with Gasteiger partial charge in [-0.25, -0.2) is 5.26 Å². The SMILES string of the molecule is Cc1cc2c(cc1B1C(C#N)=C(C#N)C(C#N)=C1C#N)-c1cc(B3C(C#N)=C(C#N)C(C#N)=C3C#N)c(B3C(C#N)=C(C#N)C(C#N)=C3C#N)cc1B2C#N. The van der Waals surface area contributed by atoms with Crippen molar-refractivity contribution in [3.05, 3.63) is 96.1 Å². The third-order valence-electron chi connectivity index (χ3n) is 10.2. The monoisotopic (exact) mass is 689 g/mol. The lowest BCUT2D eigenvalue weighted by Gasteiger charge is -2.21. The molecular weight excluding hydrogens is 682 g/mol. The van der Waals surface area contributed by atoms with Crippen LogP contribution in [0.3, 0.4) is 0 Å². The fourth-order valence-electron chi connectivity index (χ4n) is 7.92. The van der Waals surface area contributed by atoms with E-state index in [1.54, 1.807) is 19.1 Å². The van der Waals surface area contributed by atoms with E-state index < -0.39 is 26.9 Å². The normalized spacial score (nSPS) is 14.9. The van der Waals surface area contributed by atoms with E-state index in [0.717, 1.165) is 0 Å². The molecule has 236 valence electrons. The van der Waals surface area contributed by atoms with Crippen LogP contribution < -0.4 is 27.3 Å². The molecule has 0 spiro atoms. The number of aryl methyl sites for hydroxylation is 1. The summed E-state index contributed by atoms with van der Waals surface area (Å²) in [7, 11) is 0. The number of hydrogen-bond donors (Lipinski definition) is 0. The highest BCUT2D eigenvalue weighted by Gasteiger charge is 2.48. The minimum atomic E-state index is -1.40. The maximum atomic E-state index is 10.6. The molecule has 0 aromatic heterocycles. The van der Waals surface area contributed by atoms with Gasteiger partial charge in [0.1, 0.15) is 36.4 Å². The molecule has 0 saturated heterocycles. The highest BCUT2D eigenvalue weighted by Crippen LogP contribution is 2.36. The topological polar surface area (TPSA) is 309 Å². The van der Waals surface area contributed by atoms with Crippen LogP contribution in [-0.4, -0.2) is 26.9 Å². The van der Waals surface area contributed by atoms with Crippen molar-refractivity contribution in [2.45, 2.75) is 6.92 Å². The van der Waals surface area contributed by atoms with E-state index in [1.807, 2.05) is 72.8 Å². The third-order valence-corrected chi connectivity index (χ3v) is 10.2. The molecule has 2 aromatic carbocycles. The zero-order valence-corrected chi connectivity index (χ0v) is 27.9. The number of fused-ring (bicyclic) bond motifs is 3. The lowest BCUT2D eigenvalue weighted by Crippen LogP contribution is -2.53. The average Bonchev–Trinajstić information content (AvgIpc) is 3.91. The molecule has 0 fully saturated rings. The van der Waals surface area contributed by atoms with Gasteiger partial charge < -0.3 is 0 Å². The predicted octanol–water partition coefficient (Wildman–Crippen LogP) is 0.0912. The Morgan fingerprint density at radius 2 is 0.600 bits per heavy atom. The Morgan fingerprint density at radius 1 is 0.327 bits per heavy atom. The van der Waals surface area contributed by atoms with Gasteiger partial charge in [-0.3, -0.25) is 0 Å². The van der Waals surface area contributed by atoms with Gasteiger partial charge in [-0.1, -0.05) is 51.7 Å². The summed E-state index contributed by atoms with van der Waals surface area (Å²) in [6, 6.07) is 28.9. The van der Waals surface area contributed by atoms with Crippen LogP contribution in [-0.2, 0) is 0 Å². The Balaban J connectivity index is 1.77. The molecule has 13 nitrogen and oxygen atoms in total. The number of rotatable bonds is 3. The van der Waals surface area contributed by atoms with Crippen LogP contribution in [0.15, 0.2) is 90.5 Å². The Bertz CT molecular complexity index is 2980. The van der Waals surface area contributed by atoms with E-state index in [0.29, 0.717) is 33.1 Å². The third kappa shape index (κ3) is 4.58. The van der Waals surface area contributed by atoms with Gasteiger partial charge in [0.2, 0.25) is 0 Å². The first-order chi connectivity index (χ1) is 26.7. The Morgan fingerprint density at radius 3 is 0.891 bits per heavy atom. The predicted molar refractivity (Wildman–Crippen MR) is 193 cm³/mol. The molecular formula is C38H7B4N13. The van der Waals surface area contributed by atoms with Gasteiger partial charge in [0.25, 0.3) is 20.1 Å². The van der Waals surface area contributed by atoms with Gasteiger partial charge in [-0.2, -0.15) is 63.1 Å². The second kappa shape index (κ2) is 13.3. The zero-order chi connectivity index (χ0) is 39.9. The van der Waals surface area contributed by atoms with Gasteiger partial charge in [-0.05, 0) is 23.5 Å². The summed E-state index contributed by atoms with van der Waals surface area (Å²) in [6.07, 6.45) is 0. The quantitative estimate of drug-likeness (QED) is 0.386. The first kappa shape index (κ1) is 35.3. The summed E-state index contributed by atoms with van der Waals surface area (Å²) in [5, 5.41) is 132. The highest BCUT2D eigenvalue weighted by atomic mass is 14.4. The van der Waals surface area contributed by atoms with Crippen LogP contribution in [0.25, 0.3) is 11.1 Å². The van der Waals surface area contributed by atoms with E-state index >= 15 is 0 Å². The van der Waals surface area contributed by atoms with Crippen molar-refractivity contribution in [3.63, 3.8) is 0 Å². The van der Waals surface area contributed by atoms with Crippen LogP contribution in [0.1, 0.15) is 5.56 Å². The Kier molecular flexibility index (Phi) is 8.56. The average molecular weight is 689 g/mol. The summed E-state index contributed by atoms with van der Waals surface area (Å²) in [6.45, 7) is -3.26. The second-order valence-electron chi connectivity index (χ2n) is 12.3. The molecule has 0 radical (unpaired) electrons. The zero-order valence-electron chi connectivity index (χ0n) is 27.9. The van der Waals surface area contributed by atoms with Crippen LogP contribution in [0, 0.1) is 154 Å². The molecule has 0 unspecified atom stereocenters. The Labute approximate surface area is 314 Å². The number of allylic oxidation sites excluding steroid dienone is 12. The minimum absolute atomic E-state index is 0.0631. The minimum Gasteiger partial charge on any atom is -0.212 e. The van der Waals surface area contributed by atoms with Crippen molar-refractivity contribution in [3.8, 4) is 89.9 Å². The summed E-state index contributed by atoms with van der Waals surface area (Å²) < 4.78 is 0. The van der Waals surface area contributed by atoms with Crippen molar-refractivity contribution in [2.75, 3.05) is 0 Å². The van der Waals surface area contributed by atoms with Gasteiger partial charge in [-0.15, -0.1) is 0 Å². The van der Waals surface area contributed by atoms with Crippen LogP contribution in [0.5, 0.6) is 0 Å². The molecule has 4 aliphatic rings. The van der Waals surface area contributed by atoms with Gasteiger partial charge in [0.05, 0.1) is 69.9 Å². The van der Waals surface area contributed by atoms with E-state index in [4.69, 9.17) is 0 Å². The van der Waals surface area contributed by atoms with Crippen molar-refractivity contribution < 1.29 is 0 Å². The molecule has 0 atom stereocenters. The van der Waals surface area contributed by atoms with Crippen molar-refractivity contribution in [1.82, 2.24) is 0 Å². The fraction of sp³-hybridized carbons (Fsp3) is 0.0263. The number of nitrogens with zero attached hydrogens (tertiary/aromatic N) is 13. The fourth-order valence-corrected chi connectivity index (χ4v) is 7.92. The lowest BCUT2D eigenvalue weighted by atomic mass is 9.28. The molecule has 2 aromatic rings. The van der Waals surface area contributed by atoms with E-state index in [1.165, 1.54) is 12.1 Å². The van der Waals surface area contributed by atoms with Crippen molar-refractivity contribution >= 4 is 54.2 Å². The maximum absolute atomic E-state index is 10.6. The largest absolute Gasteiger partial charge is 0.333 e. The van der Waals surface area contributed by atoms with Crippen molar-refractivity contribution in [1.29, 1.82) is 68.4 Å². The summed E-state index contributed by atoms with van der Waals surface area (Å²) in [5.41, 5.74) is -0.794. The molecule has 0 amide bonds. The van der Waals surface area contributed by atoms with E-state index in [9.17, 15) is 68.4 Å².